The van der Waals surface area contributed by atoms with Crippen molar-refractivity contribution in [3.8, 4) is 11.4 Å². The first-order valence-electron chi connectivity index (χ1n) is 5.26. The number of hydrogen-bond donors (Lipinski definition) is 1. The van der Waals surface area contributed by atoms with E-state index in [1.165, 1.54) is 12.1 Å². The fourth-order valence-electron chi connectivity index (χ4n) is 1.95. The average Bonchev–Trinajstić information content (AvgIpc) is 2.97. The number of rotatable bonds is 2. The number of nitro benzene ring substituents is 1. The number of aryl methyl sites for hydroxylation is 1. The van der Waals surface area contributed by atoms with E-state index in [9.17, 15) is 10.1 Å². The first kappa shape index (κ1) is 10.5. The smallest absolute Gasteiger partial charge is 0.270 e. The molecule has 90 valence electrons. The van der Waals surface area contributed by atoms with Crippen LogP contribution in [0.15, 0.2) is 30.7 Å². The van der Waals surface area contributed by atoms with Crippen LogP contribution in [0.4, 0.5) is 5.69 Å². The fourth-order valence-corrected chi connectivity index (χ4v) is 1.95. The highest BCUT2D eigenvalue weighted by Gasteiger charge is 2.15. The van der Waals surface area contributed by atoms with Gasteiger partial charge < -0.3 is 4.98 Å². The molecule has 0 amide bonds. The lowest BCUT2D eigenvalue weighted by atomic mass is 10.1. The van der Waals surface area contributed by atoms with Gasteiger partial charge in [0.15, 0.2) is 0 Å². The molecule has 18 heavy (non-hydrogen) atoms. The Hall–Kier alpha value is -2.70. The number of nitrogens with zero attached hydrogens (tertiary/aromatic N) is 4. The summed E-state index contributed by atoms with van der Waals surface area (Å²) in [6, 6.07) is 4.69. The summed E-state index contributed by atoms with van der Waals surface area (Å²) in [6.07, 6.45) is 3.19. The van der Waals surface area contributed by atoms with Gasteiger partial charge in [0.1, 0.15) is 5.69 Å². The van der Waals surface area contributed by atoms with E-state index in [0.29, 0.717) is 5.69 Å². The van der Waals surface area contributed by atoms with Crippen molar-refractivity contribution >= 4 is 16.6 Å². The molecule has 0 radical (unpaired) electrons. The summed E-state index contributed by atoms with van der Waals surface area (Å²) in [7, 11) is 1.80. The van der Waals surface area contributed by atoms with Crippen LogP contribution in [0.3, 0.4) is 0 Å². The molecule has 7 heteroatoms. The third kappa shape index (κ3) is 1.45. The third-order valence-electron chi connectivity index (χ3n) is 2.80. The Labute approximate surface area is 101 Å². The SMILES string of the molecule is Cn1nc(-c2cnc[nH]2)c2cc([N+](=O)[O-])ccc21. The lowest BCUT2D eigenvalue weighted by Gasteiger charge is -1.94. The lowest BCUT2D eigenvalue weighted by molar-refractivity contribution is -0.384. The van der Waals surface area contributed by atoms with E-state index in [-0.39, 0.29) is 5.69 Å². The van der Waals surface area contributed by atoms with Gasteiger partial charge in [0, 0.05) is 24.6 Å². The molecule has 0 unspecified atom stereocenters. The van der Waals surface area contributed by atoms with E-state index in [2.05, 4.69) is 15.1 Å². The van der Waals surface area contributed by atoms with Crippen molar-refractivity contribution in [1.82, 2.24) is 19.7 Å². The Kier molecular flexibility index (Phi) is 2.12. The molecule has 0 aliphatic rings. The highest BCUT2D eigenvalue weighted by Crippen LogP contribution is 2.28. The van der Waals surface area contributed by atoms with Crippen LogP contribution in [0.25, 0.3) is 22.3 Å². The van der Waals surface area contributed by atoms with Gasteiger partial charge in [0.25, 0.3) is 5.69 Å². The number of aromatic nitrogens is 4. The molecule has 3 rings (SSSR count). The van der Waals surface area contributed by atoms with Crippen molar-refractivity contribution in [2.24, 2.45) is 7.05 Å². The van der Waals surface area contributed by atoms with E-state index in [0.717, 1.165) is 16.6 Å². The van der Waals surface area contributed by atoms with Crippen molar-refractivity contribution < 1.29 is 4.92 Å². The second-order valence-corrected chi connectivity index (χ2v) is 3.90. The molecule has 0 atom stereocenters. The van der Waals surface area contributed by atoms with Gasteiger partial charge >= 0.3 is 0 Å². The van der Waals surface area contributed by atoms with Gasteiger partial charge in [-0.05, 0) is 6.07 Å². The summed E-state index contributed by atoms with van der Waals surface area (Å²) in [5, 5.41) is 15.9. The van der Waals surface area contributed by atoms with Crippen LogP contribution < -0.4 is 0 Å². The van der Waals surface area contributed by atoms with Crippen LogP contribution in [0.5, 0.6) is 0 Å². The van der Waals surface area contributed by atoms with E-state index in [1.807, 2.05) is 0 Å². The Bertz CT molecular complexity index is 729. The van der Waals surface area contributed by atoms with E-state index in [4.69, 9.17) is 0 Å². The lowest BCUT2D eigenvalue weighted by Crippen LogP contribution is -1.90. The Morgan fingerprint density at radius 1 is 1.44 bits per heavy atom. The first-order valence-corrected chi connectivity index (χ1v) is 5.26. The molecule has 3 aromatic rings. The van der Waals surface area contributed by atoms with Gasteiger partial charge in [-0.2, -0.15) is 5.10 Å². The number of fused-ring (bicyclic) bond motifs is 1. The second-order valence-electron chi connectivity index (χ2n) is 3.90. The third-order valence-corrected chi connectivity index (χ3v) is 2.80. The summed E-state index contributed by atoms with van der Waals surface area (Å²) in [6.45, 7) is 0. The van der Waals surface area contributed by atoms with Crippen LogP contribution in [0.2, 0.25) is 0 Å². The largest absolute Gasteiger partial charge is 0.343 e. The highest BCUT2D eigenvalue weighted by atomic mass is 16.6. The van der Waals surface area contributed by atoms with Crippen molar-refractivity contribution in [3.05, 3.63) is 40.8 Å². The average molecular weight is 243 g/mol. The molecule has 0 aliphatic carbocycles. The van der Waals surface area contributed by atoms with Gasteiger partial charge in [0.05, 0.1) is 28.7 Å². The first-order chi connectivity index (χ1) is 8.66. The number of hydrogen-bond acceptors (Lipinski definition) is 4. The molecule has 0 aliphatic heterocycles. The normalized spacial score (nSPS) is 10.9. The van der Waals surface area contributed by atoms with Gasteiger partial charge in [-0.1, -0.05) is 0 Å². The number of benzene rings is 1. The van der Waals surface area contributed by atoms with E-state index in [1.54, 1.807) is 30.3 Å². The van der Waals surface area contributed by atoms with E-state index >= 15 is 0 Å². The zero-order valence-corrected chi connectivity index (χ0v) is 9.49. The Morgan fingerprint density at radius 3 is 2.94 bits per heavy atom. The maximum Gasteiger partial charge on any atom is 0.270 e. The number of non-ortho nitro benzene ring substituents is 1. The molecule has 1 aromatic carbocycles. The molecular formula is C11H9N5O2. The topological polar surface area (TPSA) is 89.6 Å². The zero-order valence-electron chi connectivity index (χ0n) is 9.49. The number of nitrogens with one attached hydrogen (secondary N) is 1. The van der Waals surface area contributed by atoms with Crippen molar-refractivity contribution in [2.45, 2.75) is 0 Å². The monoisotopic (exact) mass is 243 g/mol. The van der Waals surface area contributed by atoms with Crippen molar-refractivity contribution in [3.63, 3.8) is 0 Å². The summed E-state index contributed by atoms with van der Waals surface area (Å²) in [5.41, 5.74) is 2.29. The molecular weight excluding hydrogens is 234 g/mol. The summed E-state index contributed by atoms with van der Waals surface area (Å²) < 4.78 is 1.69. The highest BCUT2D eigenvalue weighted by molar-refractivity contribution is 5.93. The molecule has 0 fully saturated rings. The number of nitro groups is 1. The van der Waals surface area contributed by atoms with Crippen LogP contribution >= 0.6 is 0 Å². The van der Waals surface area contributed by atoms with Crippen LogP contribution in [-0.2, 0) is 7.05 Å². The molecule has 0 bridgehead atoms. The zero-order chi connectivity index (χ0) is 12.7. The fraction of sp³-hybridized carbons (Fsp3) is 0.0909. The minimum atomic E-state index is -0.414. The predicted octanol–water partition coefficient (Wildman–Crippen LogP) is 1.87. The van der Waals surface area contributed by atoms with Crippen molar-refractivity contribution in [2.75, 3.05) is 0 Å². The number of H-pyrrole nitrogens is 1. The van der Waals surface area contributed by atoms with Crippen molar-refractivity contribution in [1.29, 1.82) is 0 Å². The van der Waals surface area contributed by atoms with Crippen LogP contribution in [-0.4, -0.2) is 24.7 Å². The van der Waals surface area contributed by atoms with Gasteiger partial charge in [-0.25, -0.2) is 4.98 Å². The quantitative estimate of drug-likeness (QED) is 0.549. The summed E-state index contributed by atoms with van der Waals surface area (Å²) >= 11 is 0. The molecule has 0 saturated carbocycles. The Morgan fingerprint density at radius 2 is 2.28 bits per heavy atom. The van der Waals surface area contributed by atoms with Crippen LogP contribution in [0, 0.1) is 10.1 Å². The van der Waals surface area contributed by atoms with Gasteiger partial charge in [-0.3, -0.25) is 14.8 Å². The maximum absolute atomic E-state index is 10.8. The van der Waals surface area contributed by atoms with Gasteiger partial charge in [-0.15, -0.1) is 0 Å². The molecule has 1 N–H and O–H groups in total. The Balaban J connectivity index is 2.32. The maximum atomic E-state index is 10.8. The predicted molar refractivity (Wildman–Crippen MR) is 65.0 cm³/mol. The molecule has 2 heterocycles. The second kappa shape index (κ2) is 3.66. The van der Waals surface area contributed by atoms with Crippen LogP contribution in [0.1, 0.15) is 0 Å². The summed E-state index contributed by atoms with van der Waals surface area (Å²) in [5.74, 6) is 0. The minimum absolute atomic E-state index is 0.0521. The molecule has 7 nitrogen and oxygen atoms in total. The standard InChI is InChI=1S/C11H9N5O2/c1-15-10-3-2-7(16(17)18)4-8(10)11(14-15)9-5-12-6-13-9/h2-6H,1H3,(H,12,13). The molecule has 0 spiro atoms. The minimum Gasteiger partial charge on any atom is -0.343 e. The number of imidazole rings is 1. The molecule has 2 aromatic heterocycles. The van der Waals surface area contributed by atoms with E-state index < -0.39 is 4.92 Å². The van der Waals surface area contributed by atoms with Gasteiger partial charge in [0.2, 0.25) is 0 Å². The number of aromatic amines is 1. The molecule has 0 saturated heterocycles. The summed E-state index contributed by atoms with van der Waals surface area (Å²) in [4.78, 5) is 17.3.